The minimum Gasteiger partial charge on any atom is -0.328 e. The Hall–Kier alpha value is -2.16. The first-order valence-electron chi connectivity index (χ1n) is 6.51. The zero-order chi connectivity index (χ0) is 13.2. The van der Waals surface area contributed by atoms with Gasteiger partial charge in [-0.2, -0.15) is 0 Å². The summed E-state index contributed by atoms with van der Waals surface area (Å²) in [7, 11) is 0. The third-order valence-corrected chi connectivity index (χ3v) is 3.72. The summed E-state index contributed by atoms with van der Waals surface area (Å²) in [5.41, 5.74) is 1.18. The van der Waals surface area contributed by atoms with Gasteiger partial charge < -0.3 is 4.90 Å². The molecule has 1 amide bonds. The van der Waals surface area contributed by atoms with Gasteiger partial charge in [0.05, 0.1) is 12.0 Å². The molecule has 96 valence electrons. The Labute approximate surface area is 112 Å². The quantitative estimate of drug-likeness (QED) is 0.770. The van der Waals surface area contributed by atoms with Gasteiger partial charge >= 0.3 is 0 Å². The van der Waals surface area contributed by atoms with E-state index < -0.39 is 0 Å². The highest BCUT2D eigenvalue weighted by Crippen LogP contribution is 2.27. The maximum Gasteiger partial charge on any atom is 0.291 e. The van der Waals surface area contributed by atoms with Crippen LogP contribution in [0.3, 0.4) is 0 Å². The molecule has 1 aromatic rings. The van der Waals surface area contributed by atoms with Crippen LogP contribution in [0.2, 0.25) is 0 Å². The summed E-state index contributed by atoms with van der Waals surface area (Å²) < 4.78 is 0. The highest BCUT2D eigenvalue weighted by molar-refractivity contribution is 6.39. The molecule has 1 aromatic carbocycles. The summed E-state index contributed by atoms with van der Waals surface area (Å²) in [4.78, 5) is 25.6. The van der Waals surface area contributed by atoms with Crippen molar-refractivity contribution in [3.05, 3.63) is 60.2 Å². The van der Waals surface area contributed by atoms with Gasteiger partial charge in [0, 0.05) is 6.54 Å². The van der Waals surface area contributed by atoms with E-state index in [0.717, 1.165) is 6.42 Å². The average Bonchev–Trinajstić information content (AvgIpc) is 2.71. The number of carbonyl (C=O) groups is 2. The number of carbonyl (C=O) groups excluding carboxylic acids is 2. The molecule has 1 saturated heterocycles. The Morgan fingerprint density at radius 1 is 1.00 bits per heavy atom. The molecule has 0 saturated carbocycles. The van der Waals surface area contributed by atoms with E-state index in [2.05, 4.69) is 0 Å². The molecule has 1 aliphatic heterocycles. The molecule has 0 radical (unpaired) electrons. The number of likely N-dealkylation sites (tertiary alicyclic amines) is 1. The summed E-state index contributed by atoms with van der Waals surface area (Å²) in [5.74, 6) is -0.908. The van der Waals surface area contributed by atoms with Gasteiger partial charge in [0.25, 0.3) is 5.91 Å². The number of amides is 1. The smallest absolute Gasteiger partial charge is 0.291 e. The zero-order valence-corrected chi connectivity index (χ0v) is 10.5. The highest BCUT2D eigenvalue weighted by atomic mass is 16.2. The lowest BCUT2D eigenvalue weighted by atomic mass is 9.95. The number of benzene rings is 1. The van der Waals surface area contributed by atoms with Crippen LogP contribution in [0.5, 0.6) is 0 Å². The number of hydrogen-bond donors (Lipinski definition) is 0. The number of hydrogen-bond acceptors (Lipinski definition) is 2. The molecule has 1 heterocycles. The van der Waals surface area contributed by atoms with Crippen molar-refractivity contribution in [2.45, 2.75) is 12.5 Å². The van der Waals surface area contributed by atoms with Crippen LogP contribution in [-0.4, -0.2) is 29.2 Å². The lowest BCUT2D eigenvalue weighted by molar-refractivity contribution is -0.140. The van der Waals surface area contributed by atoms with Gasteiger partial charge in [-0.25, -0.2) is 0 Å². The van der Waals surface area contributed by atoms with E-state index in [4.69, 9.17) is 0 Å². The number of nitrogens with zero attached hydrogens (tertiary/aromatic N) is 1. The summed E-state index contributed by atoms with van der Waals surface area (Å²) in [6.45, 7) is 0.591. The highest BCUT2D eigenvalue weighted by Gasteiger charge is 2.44. The molecule has 0 spiro atoms. The van der Waals surface area contributed by atoms with E-state index in [1.807, 2.05) is 54.6 Å². The third-order valence-electron chi connectivity index (χ3n) is 3.72. The van der Waals surface area contributed by atoms with Crippen LogP contribution in [0.15, 0.2) is 54.6 Å². The fourth-order valence-corrected chi connectivity index (χ4v) is 2.70. The second-order valence-corrected chi connectivity index (χ2v) is 4.88. The van der Waals surface area contributed by atoms with E-state index in [0.29, 0.717) is 6.54 Å². The zero-order valence-electron chi connectivity index (χ0n) is 10.5. The van der Waals surface area contributed by atoms with Crippen molar-refractivity contribution in [1.82, 2.24) is 4.90 Å². The maximum atomic E-state index is 12.0. The van der Waals surface area contributed by atoms with E-state index in [1.165, 1.54) is 5.56 Å². The van der Waals surface area contributed by atoms with Gasteiger partial charge in [-0.05, 0) is 12.0 Å². The Morgan fingerprint density at radius 3 is 2.53 bits per heavy atom. The number of Topliss-reactive ketones (excluding diaryl/α,β-unsaturated/α-hetero) is 1. The van der Waals surface area contributed by atoms with Gasteiger partial charge in [0.1, 0.15) is 0 Å². The second-order valence-electron chi connectivity index (χ2n) is 4.88. The Balaban J connectivity index is 1.74. The van der Waals surface area contributed by atoms with Gasteiger partial charge in [0.15, 0.2) is 0 Å². The standard InChI is InChI=1S/C16H15NO2/c18-15-13-8-4-5-9-14(13)17(16(15)19)11-10-12-6-2-1-3-7-12/h1-9,13-14H,10-11H2/t13-,14+/m0/s1. The van der Waals surface area contributed by atoms with Crippen LogP contribution in [0.1, 0.15) is 5.56 Å². The SMILES string of the molecule is O=C1C(=O)N(CCc2ccccc2)[C@@H]2C=CC=C[C@H]12. The first kappa shape index (κ1) is 11.9. The molecular formula is C16H15NO2. The molecule has 0 N–H and O–H groups in total. The van der Waals surface area contributed by atoms with Crippen molar-refractivity contribution in [2.75, 3.05) is 6.54 Å². The predicted molar refractivity (Wildman–Crippen MR) is 72.4 cm³/mol. The van der Waals surface area contributed by atoms with E-state index in [1.54, 1.807) is 4.90 Å². The molecule has 0 aromatic heterocycles. The summed E-state index contributed by atoms with van der Waals surface area (Å²) in [6.07, 6.45) is 8.29. The largest absolute Gasteiger partial charge is 0.328 e. The van der Waals surface area contributed by atoms with Crippen molar-refractivity contribution in [3.8, 4) is 0 Å². The Bertz CT molecular complexity index is 559. The molecule has 3 rings (SSSR count). The van der Waals surface area contributed by atoms with Gasteiger partial charge in [-0.3, -0.25) is 9.59 Å². The molecule has 1 fully saturated rings. The van der Waals surface area contributed by atoms with E-state index in [9.17, 15) is 9.59 Å². The van der Waals surface area contributed by atoms with Crippen molar-refractivity contribution in [2.24, 2.45) is 5.92 Å². The van der Waals surface area contributed by atoms with Crippen molar-refractivity contribution in [3.63, 3.8) is 0 Å². The van der Waals surface area contributed by atoms with Gasteiger partial charge in [0.2, 0.25) is 5.78 Å². The molecule has 1 aliphatic carbocycles. The van der Waals surface area contributed by atoms with E-state index >= 15 is 0 Å². The molecule has 19 heavy (non-hydrogen) atoms. The number of fused-ring (bicyclic) bond motifs is 1. The van der Waals surface area contributed by atoms with Gasteiger partial charge in [-0.15, -0.1) is 0 Å². The van der Waals surface area contributed by atoms with Crippen LogP contribution in [0.25, 0.3) is 0 Å². The normalized spacial score (nSPS) is 24.9. The van der Waals surface area contributed by atoms with Crippen LogP contribution < -0.4 is 0 Å². The fraction of sp³-hybridized carbons (Fsp3) is 0.250. The Morgan fingerprint density at radius 2 is 1.74 bits per heavy atom. The monoisotopic (exact) mass is 253 g/mol. The topological polar surface area (TPSA) is 37.4 Å². The molecular weight excluding hydrogens is 238 g/mol. The molecule has 3 nitrogen and oxygen atoms in total. The lowest BCUT2D eigenvalue weighted by Crippen LogP contribution is -2.36. The molecule has 2 aliphatic rings. The third kappa shape index (κ3) is 2.12. The van der Waals surface area contributed by atoms with Crippen molar-refractivity contribution in [1.29, 1.82) is 0 Å². The number of rotatable bonds is 3. The van der Waals surface area contributed by atoms with E-state index in [-0.39, 0.29) is 23.7 Å². The van der Waals surface area contributed by atoms with Gasteiger partial charge in [-0.1, -0.05) is 54.6 Å². The Kier molecular flexibility index (Phi) is 3.03. The summed E-state index contributed by atoms with van der Waals surface area (Å²) in [6, 6.07) is 9.93. The van der Waals surface area contributed by atoms with Crippen LogP contribution in [-0.2, 0) is 16.0 Å². The first-order chi connectivity index (χ1) is 9.27. The van der Waals surface area contributed by atoms with Crippen molar-refractivity contribution >= 4 is 11.7 Å². The maximum absolute atomic E-state index is 12.0. The van der Waals surface area contributed by atoms with Crippen LogP contribution in [0, 0.1) is 5.92 Å². The lowest BCUT2D eigenvalue weighted by Gasteiger charge is -2.24. The average molecular weight is 253 g/mol. The first-order valence-corrected chi connectivity index (χ1v) is 6.51. The minimum absolute atomic E-state index is 0.0892. The van der Waals surface area contributed by atoms with Crippen LogP contribution in [0.4, 0.5) is 0 Å². The summed E-state index contributed by atoms with van der Waals surface area (Å²) >= 11 is 0. The molecule has 3 heteroatoms. The van der Waals surface area contributed by atoms with Crippen LogP contribution >= 0.6 is 0 Å². The summed E-state index contributed by atoms with van der Waals surface area (Å²) in [5, 5.41) is 0. The minimum atomic E-state index is -0.345. The molecule has 0 bridgehead atoms. The number of allylic oxidation sites excluding steroid dienone is 2. The van der Waals surface area contributed by atoms with Crippen molar-refractivity contribution < 1.29 is 9.59 Å². The molecule has 0 unspecified atom stereocenters. The second kappa shape index (κ2) is 4.84. The predicted octanol–water partition coefficient (Wildman–Crippen LogP) is 1.75. The fourth-order valence-electron chi connectivity index (χ4n) is 2.70. The number of ketones is 1. The molecule has 2 atom stereocenters.